The molecule has 0 aromatic heterocycles. The Bertz CT molecular complexity index is 389. The van der Waals surface area contributed by atoms with Crippen LogP contribution in [0, 0.1) is 20.5 Å². The lowest BCUT2D eigenvalue weighted by molar-refractivity contribution is 1.28. The lowest BCUT2D eigenvalue weighted by atomic mass is 10.0. The minimum Gasteiger partial charge on any atom is -0.252 e. The van der Waals surface area contributed by atoms with Crippen molar-refractivity contribution in [3.8, 4) is 0 Å². The Labute approximate surface area is 78.0 Å². The molecule has 1 heterocycles. The molecule has 0 fully saturated rings. The number of hydrogen-bond acceptors (Lipinski definition) is 2. The molecule has 0 spiro atoms. The first-order valence-corrected chi connectivity index (χ1v) is 4.21. The minimum atomic E-state index is 0.904. The summed E-state index contributed by atoms with van der Waals surface area (Å²) in [5.41, 5.74) is 4.59. The SMILES string of the molecule is Cc1cccc(C2=N[C]N=C2)c1C. The van der Waals surface area contributed by atoms with E-state index >= 15 is 0 Å². The quantitative estimate of drug-likeness (QED) is 0.617. The maximum atomic E-state index is 4.05. The van der Waals surface area contributed by atoms with E-state index in [9.17, 15) is 0 Å². The Balaban J connectivity index is 2.51. The number of benzene rings is 1. The molecular formula is C11H10N2. The van der Waals surface area contributed by atoms with Crippen LogP contribution in [0.15, 0.2) is 28.2 Å². The van der Waals surface area contributed by atoms with E-state index in [2.05, 4.69) is 42.6 Å². The van der Waals surface area contributed by atoms with E-state index in [1.165, 1.54) is 11.1 Å². The average Bonchev–Trinajstić information content (AvgIpc) is 2.62. The molecule has 0 unspecified atom stereocenters. The van der Waals surface area contributed by atoms with Gasteiger partial charge in [-0.25, -0.2) is 4.99 Å². The highest BCUT2D eigenvalue weighted by molar-refractivity contribution is 6.39. The van der Waals surface area contributed by atoms with Crippen molar-refractivity contribution in [3.63, 3.8) is 0 Å². The number of aryl methyl sites for hydroxylation is 1. The van der Waals surface area contributed by atoms with Crippen LogP contribution in [0.5, 0.6) is 0 Å². The predicted octanol–water partition coefficient (Wildman–Crippen LogP) is 2.17. The Hall–Kier alpha value is -1.44. The van der Waals surface area contributed by atoms with E-state index in [1.54, 1.807) is 6.21 Å². The Morgan fingerprint density at radius 2 is 2.08 bits per heavy atom. The molecule has 1 aromatic carbocycles. The van der Waals surface area contributed by atoms with E-state index in [0.29, 0.717) is 0 Å². The van der Waals surface area contributed by atoms with Gasteiger partial charge >= 0.3 is 0 Å². The zero-order valence-electron chi connectivity index (χ0n) is 7.70. The van der Waals surface area contributed by atoms with Gasteiger partial charge < -0.3 is 0 Å². The molecule has 2 radical (unpaired) electrons. The highest BCUT2D eigenvalue weighted by Crippen LogP contribution is 2.15. The molecule has 0 saturated heterocycles. The van der Waals surface area contributed by atoms with E-state index < -0.39 is 0 Å². The van der Waals surface area contributed by atoms with Crippen molar-refractivity contribution in [2.24, 2.45) is 9.98 Å². The fourth-order valence-electron chi connectivity index (χ4n) is 1.36. The number of rotatable bonds is 1. The van der Waals surface area contributed by atoms with Gasteiger partial charge in [0.15, 0.2) is 0 Å². The third-order valence-corrected chi connectivity index (χ3v) is 2.30. The smallest absolute Gasteiger partial charge is 0.250 e. The molecule has 0 N–H and O–H groups in total. The zero-order chi connectivity index (χ0) is 9.26. The van der Waals surface area contributed by atoms with Gasteiger partial charge in [0.2, 0.25) is 6.67 Å². The molecule has 0 aliphatic carbocycles. The molecule has 1 aliphatic rings. The van der Waals surface area contributed by atoms with E-state index in [-0.39, 0.29) is 0 Å². The highest BCUT2D eigenvalue weighted by Gasteiger charge is 2.08. The molecule has 0 atom stereocenters. The van der Waals surface area contributed by atoms with Gasteiger partial charge in [0, 0.05) is 5.56 Å². The van der Waals surface area contributed by atoms with Gasteiger partial charge in [0.25, 0.3) is 0 Å². The first-order valence-electron chi connectivity index (χ1n) is 4.21. The second kappa shape index (κ2) is 3.13. The van der Waals surface area contributed by atoms with Crippen molar-refractivity contribution in [2.75, 3.05) is 0 Å². The summed E-state index contributed by atoms with van der Waals surface area (Å²) >= 11 is 0. The van der Waals surface area contributed by atoms with Crippen LogP contribution in [-0.4, -0.2) is 11.9 Å². The molecule has 0 saturated carbocycles. The molecule has 1 aromatic rings. The van der Waals surface area contributed by atoms with Crippen molar-refractivity contribution in [1.29, 1.82) is 0 Å². The fraction of sp³-hybridized carbons (Fsp3) is 0.182. The molecule has 0 amide bonds. The molecule has 64 valence electrons. The van der Waals surface area contributed by atoms with Gasteiger partial charge in [-0.15, -0.1) is 0 Å². The number of aliphatic imine (C=N–C) groups is 2. The lowest BCUT2D eigenvalue weighted by Gasteiger charge is -2.05. The third kappa shape index (κ3) is 1.39. The molecule has 1 aliphatic heterocycles. The van der Waals surface area contributed by atoms with Gasteiger partial charge in [0.05, 0.1) is 11.9 Å². The Morgan fingerprint density at radius 3 is 2.77 bits per heavy atom. The lowest BCUT2D eigenvalue weighted by Crippen LogP contribution is -2.02. The van der Waals surface area contributed by atoms with E-state index in [1.807, 2.05) is 6.07 Å². The highest BCUT2D eigenvalue weighted by atomic mass is 15.0. The first-order chi connectivity index (χ1) is 6.29. The topological polar surface area (TPSA) is 24.7 Å². The largest absolute Gasteiger partial charge is 0.252 e. The molecule has 2 rings (SSSR count). The number of nitrogens with zero attached hydrogens (tertiary/aromatic N) is 2. The molecule has 2 heteroatoms. The standard InChI is InChI=1S/C11H10N2/c1-8-4-3-5-10(9(8)2)11-6-12-7-13-11/h3-6H,1-2H3. The second-order valence-corrected chi connectivity index (χ2v) is 3.10. The molecular weight excluding hydrogens is 160 g/mol. The van der Waals surface area contributed by atoms with Gasteiger partial charge in [-0.1, -0.05) is 18.2 Å². The van der Waals surface area contributed by atoms with E-state index in [4.69, 9.17) is 0 Å². The van der Waals surface area contributed by atoms with Crippen LogP contribution >= 0.6 is 0 Å². The van der Waals surface area contributed by atoms with Gasteiger partial charge in [-0.3, -0.25) is 4.99 Å². The van der Waals surface area contributed by atoms with Crippen LogP contribution < -0.4 is 0 Å². The third-order valence-electron chi connectivity index (χ3n) is 2.30. The summed E-state index contributed by atoms with van der Waals surface area (Å²) in [6.45, 7) is 6.77. The second-order valence-electron chi connectivity index (χ2n) is 3.10. The van der Waals surface area contributed by atoms with Crippen LogP contribution in [0.3, 0.4) is 0 Å². The van der Waals surface area contributed by atoms with Crippen molar-refractivity contribution >= 4 is 11.9 Å². The summed E-state index contributed by atoms with van der Waals surface area (Å²) in [7, 11) is 0. The molecule has 0 bridgehead atoms. The normalized spacial score (nSPS) is 14.8. The van der Waals surface area contributed by atoms with Crippen LogP contribution in [0.1, 0.15) is 16.7 Å². The maximum absolute atomic E-state index is 4.05. The molecule has 13 heavy (non-hydrogen) atoms. The van der Waals surface area contributed by atoms with Crippen molar-refractivity contribution in [3.05, 3.63) is 41.6 Å². The van der Waals surface area contributed by atoms with Crippen LogP contribution in [-0.2, 0) is 0 Å². The van der Waals surface area contributed by atoms with Crippen molar-refractivity contribution in [2.45, 2.75) is 13.8 Å². The predicted molar refractivity (Wildman–Crippen MR) is 54.2 cm³/mol. The maximum Gasteiger partial charge on any atom is 0.250 e. The van der Waals surface area contributed by atoms with Crippen LogP contribution in [0.4, 0.5) is 0 Å². The van der Waals surface area contributed by atoms with Crippen LogP contribution in [0.25, 0.3) is 0 Å². The minimum absolute atomic E-state index is 0.904. The van der Waals surface area contributed by atoms with Gasteiger partial charge in [0.1, 0.15) is 0 Å². The Morgan fingerprint density at radius 1 is 1.23 bits per heavy atom. The summed E-state index contributed by atoms with van der Waals surface area (Å²) in [5.74, 6) is 0. The molecule has 2 nitrogen and oxygen atoms in total. The average molecular weight is 170 g/mol. The summed E-state index contributed by atoms with van der Waals surface area (Å²) in [4.78, 5) is 7.89. The van der Waals surface area contributed by atoms with Gasteiger partial charge in [-0.05, 0) is 25.0 Å². The summed E-state index contributed by atoms with van der Waals surface area (Å²) in [6.07, 6.45) is 1.74. The summed E-state index contributed by atoms with van der Waals surface area (Å²) in [5, 5.41) is 0. The van der Waals surface area contributed by atoms with Gasteiger partial charge in [-0.2, -0.15) is 0 Å². The summed E-state index contributed by atoms with van der Waals surface area (Å²) < 4.78 is 0. The van der Waals surface area contributed by atoms with Crippen molar-refractivity contribution in [1.82, 2.24) is 0 Å². The van der Waals surface area contributed by atoms with E-state index in [0.717, 1.165) is 11.3 Å². The zero-order valence-corrected chi connectivity index (χ0v) is 7.70. The number of hydrogen-bond donors (Lipinski definition) is 0. The Kier molecular flexibility index (Phi) is 1.97. The van der Waals surface area contributed by atoms with Crippen LogP contribution in [0.2, 0.25) is 0 Å². The summed E-state index contributed by atoms with van der Waals surface area (Å²) in [6, 6.07) is 6.19. The monoisotopic (exact) mass is 170 g/mol. The fourth-order valence-corrected chi connectivity index (χ4v) is 1.36. The van der Waals surface area contributed by atoms with Crippen molar-refractivity contribution < 1.29 is 0 Å². The first kappa shape index (κ1) is 8.17.